The van der Waals surface area contributed by atoms with Gasteiger partial charge in [-0.15, -0.1) is 11.8 Å². The largest absolute Gasteiger partial charge is 0.325 e. The molecule has 162 valence electrons. The summed E-state index contributed by atoms with van der Waals surface area (Å²) in [4.78, 5) is 13.6. The molecule has 31 heavy (non-hydrogen) atoms. The zero-order valence-corrected chi connectivity index (χ0v) is 19.7. The van der Waals surface area contributed by atoms with Crippen LogP contribution in [0.2, 0.25) is 5.02 Å². The molecule has 0 saturated heterocycles. The highest BCUT2D eigenvalue weighted by atomic mass is 35.5. The Morgan fingerprint density at radius 2 is 1.55 bits per heavy atom. The number of amides is 1. The number of anilines is 2. The van der Waals surface area contributed by atoms with E-state index in [2.05, 4.69) is 10.0 Å². The average molecular weight is 475 g/mol. The van der Waals surface area contributed by atoms with Crippen molar-refractivity contribution in [2.75, 3.05) is 10.0 Å². The zero-order valence-electron chi connectivity index (χ0n) is 17.3. The van der Waals surface area contributed by atoms with E-state index < -0.39 is 10.0 Å². The van der Waals surface area contributed by atoms with Crippen LogP contribution in [0.4, 0.5) is 11.4 Å². The molecule has 0 aliphatic heterocycles. The Morgan fingerprint density at radius 1 is 0.935 bits per heavy atom. The molecule has 3 aromatic carbocycles. The number of benzene rings is 3. The van der Waals surface area contributed by atoms with Crippen molar-refractivity contribution < 1.29 is 13.2 Å². The van der Waals surface area contributed by atoms with Crippen molar-refractivity contribution in [2.24, 2.45) is 0 Å². The molecule has 3 aromatic rings. The lowest BCUT2D eigenvalue weighted by Gasteiger charge is -2.13. The predicted molar refractivity (Wildman–Crippen MR) is 129 cm³/mol. The lowest BCUT2D eigenvalue weighted by molar-refractivity contribution is -0.115. The first-order valence-corrected chi connectivity index (χ1v) is 12.3. The van der Waals surface area contributed by atoms with Crippen molar-refractivity contribution in [2.45, 2.75) is 35.8 Å². The molecule has 0 radical (unpaired) electrons. The molecule has 0 aliphatic carbocycles. The summed E-state index contributed by atoms with van der Waals surface area (Å²) in [6.07, 6.45) is 0. The van der Waals surface area contributed by atoms with E-state index in [1.54, 1.807) is 30.3 Å². The molecule has 0 aromatic heterocycles. The normalized spacial score (nSPS) is 12.3. The van der Waals surface area contributed by atoms with Gasteiger partial charge in [0, 0.05) is 15.6 Å². The van der Waals surface area contributed by atoms with Gasteiger partial charge in [-0.05, 0) is 74.9 Å². The number of halogens is 1. The summed E-state index contributed by atoms with van der Waals surface area (Å²) in [7, 11) is -3.77. The number of aryl methyl sites for hydroxylation is 2. The molecule has 0 saturated carbocycles. The van der Waals surface area contributed by atoms with Crippen LogP contribution in [-0.4, -0.2) is 19.6 Å². The van der Waals surface area contributed by atoms with Crippen molar-refractivity contribution >= 4 is 50.7 Å². The molecular formula is C23H23ClN2O3S2. The summed E-state index contributed by atoms with van der Waals surface area (Å²) in [6.45, 7) is 5.68. The van der Waals surface area contributed by atoms with Gasteiger partial charge in [-0.3, -0.25) is 9.52 Å². The molecule has 0 fully saturated rings. The molecule has 0 spiro atoms. The van der Waals surface area contributed by atoms with Crippen LogP contribution in [0.3, 0.4) is 0 Å². The van der Waals surface area contributed by atoms with E-state index in [0.717, 1.165) is 16.0 Å². The second-order valence-corrected chi connectivity index (χ2v) is 10.7. The third kappa shape index (κ3) is 6.26. The Balaban J connectivity index is 1.63. The van der Waals surface area contributed by atoms with Gasteiger partial charge in [-0.25, -0.2) is 8.42 Å². The third-order valence-corrected chi connectivity index (χ3v) is 7.48. The maximum atomic E-state index is 12.6. The number of carbonyl (C=O) groups is 1. The summed E-state index contributed by atoms with van der Waals surface area (Å²) >= 11 is 7.53. The third-order valence-electron chi connectivity index (χ3n) is 4.56. The number of hydrogen-bond donors (Lipinski definition) is 2. The SMILES string of the molecule is Cc1ccc(S[C@@H](C)C(=O)Nc2ccc(S(=O)(=O)Nc3ccc(C)c(Cl)c3)cc2)cc1. The Kier molecular flexibility index (Phi) is 7.30. The van der Waals surface area contributed by atoms with Crippen LogP contribution in [0.25, 0.3) is 0 Å². The van der Waals surface area contributed by atoms with Crippen LogP contribution < -0.4 is 10.0 Å². The van der Waals surface area contributed by atoms with Crippen LogP contribution in [0.5, 0.6) is 0 Å². The molecule has 2 N–H and O–H groups in total. The van der Waals surface area contributed by atoms with E-state index in [-0.39, 0.29) is 16.1 Å². The van der Waals surface area contributed by atoms with E-state index in [1.165, 1.54) is 23.9 Å². The highest BCUT2D eigenvalue weighted by molar-refractivity contribution is 8.00. The number of carbonyl (C=O) groups excluding carboxylic acids is 1. The first kappa shape index (κ1) is 23.2. The van der Waals surface area contributed by atoms with Crippen molar-refractivity contribution in [3.8, 4) is 0 Å². The van der Waals surface area contributed by atoms with Gasteiger partial charge in [0.05, 0.1) is 15.8 Å². The van der Waals surface area contributed by atoms with Crippen LogP contribution in [0, 0.1) is 13.8 Å². The number of thioether (sulfide) groups is 1. The van der Waals surface area contributed by atoms with Crippen LogP contribution in [0.15, 0.2) is 76.5 Å². The van der Waals surface area contributed by atoms with Crippen molar-refractivity contribution in [1.82, 2.24) is 0 Å². The number of hydrogen-bond acceptors (Lipinski definition) is 4. The van der Waals surface area contributed by atoms with Crippen molar-refractivity contribution in [3.05, 3.63) is 82.9 Å². The Bertz CT molecular complexity index is 1180. The lowest BCUT2D eigenvalue weighted by Crippen LogP contribution is -2.22. The quantitative estimate of drug-likeness (QED) is 0.419. The van der Waals surface area contributed by atoms with E-state index in [4.69, 9.17) is 11.6 Å². The molecule has 0 heterocycles. The summed E-state index contributed by atoms with van der Waals surface area (Å²) in [5, 5.41) is 3.00. The van der Waals surface area contributed by atoms with Gasteiger partial charge in [-0.1, -0.05) is 35.4 Å². The van der Waals surface area contributed by atoms with Gasteiger partial charge in [0.2, 0.25) is 5.91 Å². The second kappa shape index (κ2) is 9.77. The monoisotopic (exact) mass is 474 g/mol. The minimum Gasteiger partial charge on any atom is -0.325 e. The molecule has 5 nitrogen and oxygen atoms in total. The Hall–Kier alpha value is -2.48. The van der Waals surface area contributed by atoms with E-state index in [0.29, 0.717) is 16.4 Å². The topological polar surface area (TPSA) is 75.3 Å². The molecule has 8 heteroatoms. The fraction of sp³-hybridized carbons (Fsp3) is 0.174. The molecule has 0 bridgehead atoms. The van der Waals surface area contributed by atoms with Crippen LogP contribution >= 0.6 is 23.4 Å². The number of sulfonamides is 1. The number of nitrogens with one attached hydrogen (secondary N) is 2. The summed E-state index contributed by atoms with van der Waals surface area (Å²) in [6, 6.07) is 19.0. The summed E-state index contributed by atoms with van der Waals surface area (Å²) in [5.41, 5.74) is 2.93. The minimum absolute atomic E-state index is 0.0873. The van der Waals surface area contributed by atoms with Gasteiger partial charge in [0.1, 0.15) is 0 Å². The molecule has 0 unspecified atom stereocenters. The lowest BCUT2D eigenvalue weighted by atomic mass is 10.2. The van der Waals surface area contributed by atoms with Crippen LogP contribution in [0.1, 0.15) is 18.1 Å². The van der Waals surface area contributed by atoms with E-state index in [9.17, 15) is 13.2 Å². The van der Waals surface area contributed by atoms with Gasteiger partial charge in [-0.2, -0.15) is 0 Å². The van der Waals surface area contributed by atoms with E-state index in [1.807, 2.05) is 45.0 Å². The molecular weight excluding hydrogens is 452 g/mol. The molecule has 1 amide bonds. The Labute approximate surface area is 192 Å². The van der Waals surface area contributed by atoms with Gasteiger partial charge >= 0.3 is 0 Å². The standard InChI is InChI=1S/C23H23ClN2O3S2/c1-15-4-10-20(11-5-15)30-17(3)23(27)25-18-8-12-21(13-9-18)31(28,29)26-19-7-6-16(2)22(24)14-19/h4-14,17,26H,1-3H3,(H,25,27)/t17-/m0/s1. The smallest absolute Gasteiger partial charge is 0.261 e. The van der Waals surface area contributed by atoms with Crippen LogP contribution in [-0.2, 0) is 14.8 Å². The first-order valence-electron chi connectivity index (χ1n) is 9.57. The highest BCUT2D eigenvalue weighted by Crippen LogP contribution is 2.26. The Morgan fingerprint density at radius 3 is 2.16 bits per heavy atom. The molecule has 1 atom stereocenters. The highest BCUT2D eigenvalue weighted by Gasteiger charge is 2.17. The zero-order chi connectivity index (χ0) is 22.6. The van der Waals surface area contributed by atoms with Crippen molar-refractivity contribution in [3.63, 3.8) is 0 Å². The van der Waals surface area contributed by atoms with Gasteiger partial charge < -0.3 is 5.32 Å². The maximum Gasteiger partial charge on any atom is 0.261 e. The number of rotatable bonds is 7. The summed E-state index contributed by atoms with van der Waals surface area (Å²) < 4.78 is 27.8. The fourth-order valence-corrected chi connectivity index (χ4v) is 4.80. The maximum absolute atomic E-state index is 12.6. The molecule has 0 aliphatic rings. The minimum atomic E-state index is -3.77. The van der Waals surface area contributed by atoms with Gasteiger partial charge in [0.15, 0.2) is 0 Å². The van der Waals surface area contributed by atoms with E-state index >= 15 is 0 Å². The molecule has 3 rings (SSSR count). The summed E-state index contributed by atoms with van der Waals surface area (Å²) in [5.74, 6) is -0.159. The average Bonchev–Trinajstić information content (AvgIpc) is 2.72. The van der Waals surface area contributed by atoms with Gasteiger partial charge in [0.25, 0.3) is 10.0 Å². The van der Waals surface area contributed by atoms with Crippen molar-refractivity contribution in [1.29, 1.82) is 0 Å². The predicted octanol–water partition coefficient (Wildman–Crippen LogP) is 5.88. The fourth-order valence-electron chi connectivity index (χ4n) is 2.71. The first-order chi connectivity index (χ1) is 14.6. The second-order valence-electron chi connectivity index (χ2n) is 7.16.